The summed E-state index contributed by atoms with van der Waals surface area (Å²) in [6, 6.07) is 3.07. The molecule has 1 rings (SSSR count). The van der Waals surface area contributed by atoms with Crippen LogP contribution >= 0.6 is 11.6 Å². The molecule has 19 heavy (non-hydrogen) atoms. The zero-order chi connectivity index (χ0) is 14.6. The fourth-order valence-corrected chi connectivity index (χ4v) is 1.77. The normalized spacial score (nSPS) is 11.7. The summed E-state index contributed by atoms with van der Waals surface area (Å²) in [5.74, 6) is -3.40. The highest BCUT2D eigenvalue weighted by atomic mass is 35.5. The molecule has 0 aromatic heterocycles. The van der Waals surface area contributed by atoms with E-state index >= 15 is 0 Å². The van der Waals surface area contributed by atoms with Gasteiger partial charge in [-0.1, -0.05) is 11.6 Å². The van der Waals surface area contributed by atoms with Gasteiger partial charge < -0.3 is 15.5 Å². The molecule has 0 aliphatic rings. The van der Waals surface area contributed by atoms with Crippen LogP contribution in [-0.2, 0) is 9.59 Å². The molecule has 1 amide bonds. The Morgan fingerprint density at radius 1 is 1.26 bits per heavy atom. The number of carboxylic acids is 2. The third-order valence-corrected chi connectivity index (χ3v) is 2.50. The van der Waals surface area contributed by atoms with E-state index in [1.165, 1.54) is 12.1 Å². The van der Waals surface area contributed by atoms with Crippen molar-refractivity contribution >= 4 is 29.4 Å². The highest BCUT2D eigenvalue weighted by Crippen LogP contribution is 2.14. The van der Waals surface area contributed by atoms with Crippen LogP contribution in [0.1, 0.15) is 22.3 Å². The maximum atomic E-state index is 11.8. The quantitative estimate of drug-likeness (QED) is 0.756. The molecule has 102 valence electrons. The van der Waals surface area contributed by atoms with E-state index in [2.05, 4.69) is 5.32 Å². The second-order valence-electron chi connectivity index (χ2n) is 3.98. The van der Waals surface area contributed by atoms with Gasteiger partial charge in [0.15, 0.2) is 0 Å². The number of carboxylic acid groups (broad SMARTS) is 2. The molecular weight excluding hydrogens is 274 g/mol. The summed E-state index contributed by atoms with van der Waals surface area (Å²) >= 11 is 5.79. The number of aryl methyl sites for hydroxylation is 1. The Balaban J connectivity index is 2.87. The van der Waals surface area contributed by atoms with Crippen molar-refractivity contribution in [1.82, 2.24) is 5.32 Å². The van der Waals surface area contributed by atoms with E-state index in [0.29, 0.717) is 5.02 Å². The Morgan fingerprint density at radius 2 is 1.89 bits per heavy atom. The van der Waals surface area contributed by atoms with Crippen LogP contribution in [0.15, 0.2) is 18.2 Å². The number of aliphatic carboxylic acids is 2. The lowest BCUT2D eigenvalue weighted by molar-refractivity contribution is -0.145. The van der Waals surface area contributed by atoms with Crippen LogP contribution in [0.3, 0.4) is 0 Å². The third kappa shape index (κ3) is 4.59. The number of hydrogen-bond acceptors (Lipinski definition) is 3. The highest BCUT2D eigenvalue weighted by Gasteiger charge is 2.23. The molecule has 6 nitrogen and oxygen atoms in total. The smallest absolute Gasteiger partial charge is 0.326 e. The fourth-order valence-electron chi connectivity index (χ4n) is 1.48. The molecule has 0 aliphatic heterocycles. The molecule has 0 radical (unpaired) electrons. The number of benzene rings is 1. The van der Waals surface area contributed by atoms with Crippen LogP contribution in [0.4, 0.5) is 0 Å². The van der Waals surface area contributed by atoms with Gasteiger partial charge in [-0.3, -0.25) is 9.59 Å². The van der Waals surface area contributed by atoms with E-state index in [-0.39, 0.29) is 5.56 Å². The largest absolute Gasteiger partial charge is 0.481 e. The Bertz CT molecular complexity index is 509. The van der Waals surface area contributed by atoms with Crippen molar-refractivity contribution in [3.63, 3.8) is 0 Å². The fraction of sp³-hybridized carbons (Fsp3) is 0.250. The molecule has 1 aromatic carbocycles. The molecule has 0 spiro atoms. The molecule has 0 bridgehead atoms. The van der Waals surface area contributed by atoms with Crippen molar-refractivity contribution < 1.29 is 24.6 Å². The van der Waals surface area contributed by atoms with Gasteiger partial charge in [-0.05, 0) is 30.7 Å². The first-order valence-electron chi connectivity index (χ1n) is 5.32. The van der Waals surface area contributed by atoms with E-state index in [9.17, 15) is 14.4 Å². The molecule has 0 unspecified atom stereocenters. The predicted octanol–water partition coefficient (Wildman–Crippen LogP) is 1.31. The van der Waals surface area contributed by atoms with Crippen molar-refractivity contribution in [3.05, 3.63) is 34.3 Å². The summed E-state index contributed by atoms with van der Waals surface area (Å²) in [5, 5.41) is 19.9. The minimum atomic E-state index is -1.48. The van der Waals surface area contributed by atoms with Crippen LogP contribution < -0.4 is 5.32 Å². The summed E-state index contributed by atoms with van der Waals surface area (Å²) < 4.78 is 0. The summed E-state index contributed by atoms with van der Waals surface area (Å²) in [6.45, 7) is 1.73. The topological polar surface area (TPSA) is 104 Å². The molecule has 0 fully saturated rings. The van der Waals surface area contributed by atoms with E-state index < -0.39 is 30.3 Å². The summed E-state index contributed by atoms with van der Waals surface area (Å²) in [4.78, 5) is 33.2. The van der Waals surface area contributed by atoms with Gasteiger partial charge >= 0.3 is 11.9 Å². The van der Waals surface area contributed by atoms with Gasteiger partial charge in [-0.15, -0.1) is 0 Å². The van der Waals surface area contributed by atoms with E-state index in [4.69, 9.17) is 21.8 Å². The lowest BCUT2D eigenvalue weighted by Gasteiger charge is -2.12. The highest BCUT2D eigenvalue weighted by molar-refractivity contribution is 6.31. The number of hydrogen-bond donors (Lipinski definition) is 3. The van der Waals surface area contributed by atoms with Gasteiger partial charge in [-0.2, -0.15) is 0 Å². The van der Waals surface area contributed by atoms with Crippen LogP contribution in [0.25, 0.3) is 0 Å². The summed E-state index contributed by atoms with van der Waals surface area (Å²) in [6.07, 6.45) is -0.694. The maximum Gasteiger partial charge on any atom is 0.326 e. The Morgan fingerprint density at radius 3 is 2.37 bits per heavy atom. The first-order chi connectivity index (χ1) is 8.79. The Kier molecular flexibility index (Phi) is 4.88. The third-order valence-electron chi connectivity index (χ3n) is 2.29. The van der Waals surface area contributed by atoms with E-state index in [1.54, 1.807) is 13.0 Å². The van der Waals surface area contributed by atoms with Gasteiger partial charge in [-0.25, -0.2) is 4.79 Å². The van der Waals surface area contributed by atoms with Gasteiger partial charge in [0.2, 0.25) is 0 Å². The number of amides is 1. The second-order valence-corrected chi connectivity index (χ2v) is 4.42. The van der Waals surface area contributed by atoms with Crippen molar-refractivity contribution in [2.24, 2.45) is 0 Å². The first-order valence-corrected chi connectivity index (χ1v) is 5.70. The van der Waals surface area contributed by atoms with Gasteiger partial charge in [0.25, 0.3) is 5.91 Å². The van der Waals surface area contributed by atoms with Crippen molar-refractivity contribution in [2.75, 3.05) is 0 Å². The van der Waals surface area contributed by atoms with Crippen LogP contribution in [0.5, 0.6) is 0 Å². The summed E-state index contributed by atoms with van der Waals surface area (Å²) in [5.41, 5.74) is 0.921. The number of nitrogens with one attached hydrogen (secondary N) is 1. The molecule has 7 heteroatoms. The Labute approximate surface area is 114 Å². The molecular formula is C12H12ClNO5. The lowest BCUT2D eigenvalue weighted by atomic mass is 10.1. The summed E-state index contributed by atoms with van der Waals surface area (Å²) in [7, 11) is 0. The molecule has 3 N–H and O–H groups in total. The SMILES string of the molecule is Cc1cc(Cl)cc(C(=O)N[C@H](CC(=O)O)C(=O)O)c1. The monoisotopic (exact) mass is 285 g/mol. The maximum absolute atomic E-state index is 11.8. The average molecular weight is 286 g/mol. The average Bonchev–Trinajstić information content (AvgIpc) is 2.25. The Hall–Kier alpha value is -2.08. The minimum absolute atomic E-state index is 0.182. The van der Waals surface area contributed by atoms with Crippen molar-refractivity contribution in [1.29, 1.82) is 0 Å². The molecule has 0 aliphatic carbocycles. The predicted molar refractivity (Wildman–Crippen MR) is 67.3 cm³/mol. The molecule has 0 heterocycles. The number of carbonyl (C=O) groups excluding carboxylic acids is 1. The lowest BCUT2D eigenvalue weighted by Crippen LogP contribution is -2.42. The minimum Gasteiger partial charge on any atom is -0.481 e. The number of carbonyl (C=O) groups is 3. The zero-order valence-electron chi connectivity index (χ0n) is 10.0. The van der Waals surface area contributed by atoms with Gasteiger partial charge in [0.05, 0.1) is 6.42 Å². The van der Waals surface area contributed by atoms with Crippen LogP contribution in [0.2, 0.25) is 5.02 Å². The van der Waals surface area contributed by atoms with E-state index in [1.807, 2.05) is 0 Å². The molecule has 1 atom stereocenters. The van der Waals surface area contributed by atoms with E-state index in [0.717, 1.165) is 5.56 Å². The van der Waals surface area contributed by atoms with Crippen LogP contribution in [-0.4, -0.2) is 34.1 Å². The molecule has 0 saturated heterocycles. The first kappa shape index (κ1) is 15.0. The van der Waals surface area contributed by atoms with Gasteiger partial charge in [0, 0.05) is 10.6 Å². The molecule has 1 aromatic rings. The van der Waals surface area contributed by atoms with Crippen molar-refractivity contribution in [3.8, 4) is 0 Å². The number of rotatable bonds is 5. The molecule has 0 saturated carbocycles. The van der Waals surface area contributed by atoms with Crippen LogP contribution in [0, 0.1) is 6.92 Å². The second kappa shape index (κ2) is 6.19. The van der Waals surface area contributed by atoms with Crippen molar-refractivity contribution in [2.45, 2.75) is 19.4 Å². The number of halogens is 1. The van der Waals surface area contributed by atoms with Gasteiger partial charge in [0.1, 0.15) is 6.04 Å². The zero-order valence-corrected chi connectivity index (χ0v) is 10.8. The standard InChI is InChI=1S/C12H12ClNO5/c1-6-2-7(4-8(13)3-6)11(17)14-9(12(18)19)5-10(15)16/h2-4,9H,5H2,1H3,(H,14,17)(H,15,16)(H,18,19)/t9-/m1/s1.